The van der Waals surface area contributed by atoms with E-state index in [1.807, 2.05) is 32.9 Å². The van der Waals surface area contributed by atoms with Gasteiger partial charge in [0.1, 0.15) is 0 Å². The maximum atomic E-state index is 12.1. The second kappa shape index (κ2) is 5.96. The second-order valence-corrected chi connectivity index (χ2v) is 7.26. The van der Waals surface area contributed by atoms with E-state index in [2.05, 4.69) is 38.2 Å². The highest BCUT2D eigenvalue weighted by atomic mass is 16.2. The molecule has 0 aliphatic rings. The van der Waals surface area contributed by atoms with Crippen LogP contribution in [0.2, 0.25) is 0 Å². The Bertz CT molecular complexity index is 472. The number of aryl methyl sites for hydroxylation is 1. The predicted molar refractivity (Wildman–Crippen MR) is 84.6 cm³/mol. The van der Waals surface area contributed by atoms with Crippen LogP contribution in [-0.4, -0.2) is 18.5 Å². The first-order chi connectivity index (χ1) is 9.05. The van der Waals surface area contributed by atoms with Gasteiger partial charge in [0.25, 0.3) is 0 Å². The zero-order chi connectivity index (χ0) is 15.6. The molecule has 0 unspecified atom stereocenters. The van der Waals surface area contributed by atoms with Gasteiger partial charge in [-0.1, -0.05) is 58.9 Å². The topological polar surface area (TPSA) is 55.1 Å². The molecule has 1 atom stereocenters. The first-order valence-electron chi connectivity index (χ1n) is 7.15. The minimum absolute atomic E-state index is 0.0841. The third-order valence-corrected chi connectivity index (χ3v) is 3.79. The third kappa shape index (κ3) is 4.07. The van der Waals surface area contributed by atoms with E-state index < -0.39 is 6.04 Å². The smallest absolute Gasteiger partial charge is 0.237 e. The monoisotopic (exact) mass is 276 g/mol. The van der Waals surface area contributed by atoms with E-state index in [0.717, 1.165) is 0 Å². The van der Waals surface area contributed by atoms with Gasteiger partial charge in [-0.3, -0.25) is 4.79 Å². The lowest BCUT2D eigenvalue weighted by Crippen LogP contribution is -2.51. The van der Waals surface area contributed by atoms with Crippen molar-refractivity contribution in [2.24, 2.45) is 11.1 Å². The van der Waals surface area contributed by atoms with E-state index in [9.17, 15) is 4.79 Å². The summed E-state index contributed by atoms with van der Waals surface area (Å²) < 4.78 is 0. The Balaban J connectivity index is 2.74. The summed E-state index contributed by atoms with van der Waals surface area (Å²) in [7, 11) is 0. The summed E-state index contributed by atoms with van der Waals surface area (Å²) in [5.74, 6) is -0.0841. The van der Waals surface area contributed by atoms with Crippen molar-refractivity contribution in [1.29, 1.82) is 0 Å². The summed E-state index contributed by atoms with van der Waals surface area (Å²) in [5, 5.41) is 2.99. The molecule has 0 spiro atoms. The van der Waals surface area contributed by atoms with E-state index in [4.69, 9.17) is 5.73 Å². The van der Waals surface area contributed by atoms with Crippen LogP contribution in [0.1, 0.15) is 45.7 Å². The van der Waals surface area contributed by atoms with Gasteiger partial charge in [0.05, 0.1) is 6.04 Å². The number of nitrogens with one attached hydrogen (secondary N) is 1. The normalized spacial score (nSPS) is 13.9. The Hall–Kier alpha value is -1.35. The average Bonchev–Trinajstić information content (AvgIpc) is 2.34. The summed E-state index contributed by atoms with van der Waals surface area (Å²) in [6.45, 7) is 12.9. The molecule has 0 aliphatic heterocycles. The lowest BCUT2D eigenvalue weighted by Gasteiger charge is -2.30. The van der Waals surface area contributed by atoms with E-state index in [0.29, 0.717) is 6.54 Å². The van der Waals surface area contributed by atoms with E-state index in [-0.39, 0.29) is 16.7 Å². The van der Waals surface area contributed by atoms with Crippen molar-refractivity contribution in [1.82, 2.24) is 5.32 Å². The lowest BCUT2D eigenvalue weighted by atomic mass is 9.81. The molecule has 0 fully saturated rings. The summed E-state index contributed by atoms with van der Waals surface area (Å²) in [5.41, 5.74) is 8.14. The Morgan fingerprint density at radius 1 is 1.20 bits per heavy atom. The zero-order valence-electron chi connectivity index (χ0n) is 13.6. The molecule has 0 heterocycles. The minimum Gasteiger partial charge on any atom is -0.354 e. The Kier molecular flexibility index (Phi) is 4.98. The van der Waals surface area contributed by atoms with E-state index in [1.165, 1.54) is 11.1 Å². The number of hydrogen-bond donors (Lipinski definition) is 2. The maximum absolute atomic E-state index is 12.1. The van der Waals surface area contributed by atoms with Gasteiger partial charge in [0.2, 0.25) is 5.91 Å². The van der Waals surface area contributed by atoms with Gasteiger partial charge in [0, 0.05) is 12.0 Å². The average molecular weight is 276 g/mol. The van der Waals surface area contributed by atoms with Crippen molar-refractivity contribution in [3.05, 3.63) is 35.4 Å². The fourth-order valence-corrected chi connectivity index (χ4v) is 2.24. The first kappa shape index (κ1) is 16.7. The van der Waals surface area contributed by atoms with Crippen LogP contribution >= 0.6 is 0 Å². The molecule has 1 aromatic carbocycles. The number of nitrogens with two attached hydrogens (primary N) is 1. The highest BCUT2D eigenvalue weighted by Crippen LogP contribution is 2.25. The number of benzene rings is 1. The molecule has 112 valence electrons. The summed E-state index contributed by atoms with van der Waals surface area (Å²) in [6.07, 6.45) is 0. The predicted octanol–water partition coefficient (Wildman–Crippen LogP) is 2.76. The molecular formula is C17H28N2O. The summed E-state index contributed by atoms with van der Waals surface area (Å²) in [4.78, 5) is 12.1. The molecule has 0 saturated carbocycles. The van der Waals surface area contributed by atoms with Crippen molar-refractivity contribution < 1.29 is 4.79 Å². The fourth-order valence-electron chi connectivity index (χ4n) is 2.24. The number of amides is 1. The van der Waals surface area contributed by atoms with E-state index >= 15 is 0 Å². The molecule has 1 aromatic rings. The van der Waals surface area contributed by atoms with Crippen LogP contribution in [0, 0.1) is 12.3 Å². The van der Waals surface area contributed by atoms with Gasteiger partial charge < -0.3 is 11.1 Å². The van der Waals surface area contributed by atoms with Gasteiger partial charge in [-0.25, -0.2) is 0 Å². The van der Waals surface area contributed by atoms with Gasteiger partial charge in [-0.2, -0.15) is 0 Å². The fraction of sp³-hybridized carbons (Fsp3) is 0.588. The molecule has 3 N–H and O–H groups in total. The number of rotatable bonds is 4. The quantitative estimate of drug-likeness (QED) is 0.888. The maximum Gasteiger partial charge on any atom is 0.237 e. The number of hydrogen-bond acceptors (Lipinski definition) is 2. The highest BCUT2D eigenvalue weighted by Gasteiger charge is 2.29. The van der Waals surface area contributed by atoms with Gasteiger partial charge >= 0.3 is 0 Å². The molecule has 1 rings (SSSR count). The number of carbonyl (C=O) groups is 1. The first-order valence-corrected chi connectivity index (χ1v) is 7.15. The molecule has 3 nitrogen and oxygen atoms in total. The Morgan fingerprint density at radius 2 is 1.75 bits per heavy atom. The summed E-state index contributed by atoms with van der Waals surface area (Å²) >= 11 is 0. The molecule has 0 bridgehead atoms. The van der Waals surface area contributed by atoms with Crippen LogP contribution < -0.4 is 11.1 Å². The van der Waals surface area contributed by atoms with Crippen molar-refractivity contribution in [3.63, 3.8) is 0 Å². The van der Waals surface area contributed by atoms with Gasteiger partial charge in [-0.05, 0) is 23.5 Å². The molecular weight excluding hydrogens is 248 g/mol. The van der Waals surface area contributed by atoms with Crippen LogP contribution in [-0.2, 0) is 10.2 Å². The molecule has 0 aromatic heterocycles. The Labute approximate surface area is 122 Å². The highest BCUT2D eigenvalue weighted by molar-refractivity contribution is 5.82. The molecule has 0 radical (unpaired) electrons. The van der Waals surface area contributed by atoms with Crippen molar-refractivity contribution in [2.45, 2.75) is 53.0 Å². The van der Waals surface area contributed by atoms with Crippen LogP contribution in [0.25, 0.3) is 0 Å². The molecule has 1 amide bonds. The minimum atomic E-state index is -0.491. The largest absolute Gasteiger partial charge is 0.354 e. The molecule has 0 saturated heterocycles. The standard InChI is InChI=1S/C17H28N2O/c1-12-9-7-8-10-13(12)17(5,6)11-19-15(20)14(18)16(2,3)4/h7-10,14H,11,18H2,1-6H3,(H,19,20)/t14-/m1/s1. The lowest BCUT2D eigenvalue weighted by molar-refractivity contribution is -0.124. The van der Waals surface area contributed by atoms with Crippen molar-refractivity contribution in [3.8, 4) is 0 Å². The van der Waals surface area contributed by atoms with Crippen LogP contribution in [0.5, 0.6) is 0 Å². The van der Waals surface area contributed by atoms with Gasteiger partial charge in [0.15, 0.2) is 0 Å². The van der Waals surface area contributed by atoms with Crippen molar-refractivity contribution >= 4 is 5.91 Å². The molecule has 0 aliphatic carbocycles. The third-order valence-electron chi connectivity index (χ3n) is 3.79. The molecule has 3 heteroatoms. The molecule has 20 heavy (non-hydrogen) atoms. The van der Waals surface area contributed by atoms with Crippen LogP contribution in [0.15, 0.2) is 24.3 Å². The Morgan fingerprint density at radius 3 is 2.25 bits per heavy atom. The zero-order valence-corrected chi connectivity index (χ0v) is 13.6. The van der Waals surface area contributed by atoms with E-state index in [1.54, 1.807) is 0 Å². The van der Waals surface area contributed by atoms with Crippen LogP contribution in [0.4, 0.5) is 0 Å². The van der Waals surface area contributed by atoms with Crippen LogP contribution in [0.3, 0.4) is 0 Å². The summed E-state index contributed by atoms with van der Waals surface area (Å²) in [6, 6.07) is 7.79. The number of carbonyl (C=O) groups excluding carboxylic acids is 1. The van der Waals surface area contributed by atoms with Crippen molar-refractivity contribution in [2.75, 3.05) is 6.54 Å². The van der Waals surface area contributed by atoms with Gasteiger partial charge in [-0.15, -0.1) is 0 Å². The SMILES string of the molecule is Cc1ccccc1C(C)(C)CNC(=O)[C@@H](N)C(C)(C)C. The second-order valence-electron chi connectivity index (χ2n) is 7.26.